The van der Waals surface area contributed by atoms with Gasteiger partial charge in [-0.3, -0.25) is 4.79 Å². The van der Waals surface area contributed by atoms with E-state index in [1.54, 1.807) is 10.6 Å². The summed E-state index contributed by atoms with van der Waals surface area (Å²) in [6.07, 6.45) is 5.65. The van der Waals surface area contributed by atoms with Gasteiger partial charge in [0.25, 0.3) is 5.91 Å². The molecular formula is C21H19FN2OS. The summed E-state index contributed by atoms with van der Waals surface area (Å²) in [5.74, 6) is 2.44. The molecule has 0 saturated carbocycles. The van der Waals surface area contributed by atoms with Gasteiger partial charge in [-0.25, -0.2) is 4.39 Å². The topological polar surface area (TPSA) is 34.4 Å². The molecule has 0 radical (unpaired) electrons. The minimum absolute atomic E-state index is 0.219. The minimum Gasteiger partial charge on any atom is -0.305 e. The number of hydrogen-bond acceptors (Lipinski definition) is 2. The maximum atomic E-state index is 13.5. The van der Waals surface area contributed by atoms with Gasteiger partial charge in [0.2, 0.25) is 0 Å². The highest BCUT2D eigenvalue weighted by molar-refractivity contribution is 7.16. The Balaban J connectivity index is 1.92. The summed E-state index contributed by atoms with van der Waals surface area (Å²) in [5.41, 5.74) is 2.93. The smallest absolute Gasteiger partial charge is 0.252 e. The van der Waals surface area contributed by atoms with E-state index >= 15 is 0 Å². The normalized spacial score (nSPS) is 11.9. The zero-order valence-electron chi connectivity index (χ0n) is 14.7. The van der Waals surface area contributed by atoms with Crippen molar-refractivity contribution in [3.63, 3.8) is 0 Å². The molecule has 132 valence electrons. The molecule has 0 aliphatic heterocycles. The van der Waals surface area contributed by atoms with E-state index in [-0.39, 0.29) is 24.7 Å². The van der Waals surface area contributed by atoms with Crippen LogP contribution in [0.5, 0.6) is 0 Å². The van der Waals surface area contributed by atoms with Crippen LogP contribution in [0.25, 0.3) is 10.2 Å². The number of carbonyl (C=O) groups is 1. The SMILES string of the molecule is C#CCn1c(=NC(=O)Cc2ccc(C(C)C)cc2)sc2cc(F)ccc21. The summed E-state index contributed by atoms with van der Waals surface area (Å²) < 4.78 is 15.9. The highest BCUT2D eigenvalue weighted by Crippen LogP contribution is 2.19. The fraction of sp³-hybridized carbons (Fsp3) is 0.238. The molecule has 0 unspecified atom stereocenters. The average molecular weight is 366 g/mol. The maximum Gasteiger partial charge on any atom is 0.252 e. The number of benzene rings is 2. The van der Waals surface area contributed by atoms with Crippen LogP contribution in [0.2, 0.25) is 0 Å². The molecule has 0 atom stereocenters. The molecule has 0 N–H and O–H groups in total. The van der Waals surface area contributed by atoms with Crippen LogP contribution in [0.15, 0.2) is 47.5 Å². The van der Waals surface area contributed by atoms with Crippen molar-refractivity contribution >= 4 is 27.5 Å². The molecular weight excluding hydrogens is 347 g/mol. The third-order valence-corrected chi connectivity index (χ3v) is 5.16. The first kappa shape index (κ1) is 18.1. The number of thiazole rings is 1. The third-order valence-electron chi connectivity index (χ3n) is 4.12. The summed E-state index contributed by atoms with van der Waals surface area (Å²) in [7, 11) is 0. The van der Waals surface area contributed by atoms with Crippen LogP contribution in [0.1, 0.15) is 30.9 Å². The Hall–Kier alpha value is -2.71. The molecule has 0 aliphatic rings. The van der Waals surface area contributed by atoms with Crippen molar-refractivity contribution in [2.75, 3.05) is 0 Å². The summed E-state index contributed by atoms with van der Waals surface area (Å²) in [6.45, 7) is 4.54. The van der Waals surface area contributed by atoms with Gasteiger partial charge in [-0.15, -0.1) is 6.42 Å². The molecule has 3 aromatic rings. The van der Waals surface area contributed by atoms with Gasteiger partial charge in [0.15, 0.2) is 4.80 Å². The Bertz CT molecular complexity index is 1050. The van der Waals surface area contributed by atoms with E-state index < -0.39 is 0 Å². The lowest BCUT2D eigenvalue weighted by Gasteiger charge is -2.05. The Labute approximate surface area is 155 Å². The first-order valence-corrected chi connectivity index (χ1v) is 9.18. The zero-order chi connectivity index (χ0) is 18.7. The number of nitrogens with zero attached hydrogens (tertiary/aromatic N) is 2. The highest BCUT2D eigenvalue weighted by Gasteiger charge is 2.09. The van der Waals surface area contributed by atoms with Crippen molar-refractivity contribution in [1.29, 1.82) is 0 Å². The number of aromatic nitrogens is 1. The second kappa shape index (κ2) is 7.67. The van der Waals surface area contributed by atoms with Crippen molar-refractivity contribution in [3.05, 3.63) is 64.2 Å². The predicted octanol–water partition coefficient (Wildman–Crippen LogP) is 4.27. The van der Waals surface area contributed by atoms with E-state index in [0.29, 0.717) is 15.4 Å². The lowest BCUT2D eigenvalue weighted by Crippen LogP contribution is -2.17. The molecule has 2 aromatic carbocycles. The monoisotopic (exact) mass is 366 g/mol. The van der Waals surface area contributed by atoms with Crippen LogP contribution in [0.3, 0.4) is 0 Å². The van der Waals surface area contributed by atoms with Crippen LogP contribution in [0.4, 0.5) is 4.39 Å². The summed E-state index contributed by atoms with van der Waals surface area (Å²) in [6, 6.07) is 12.5. The first-order chi connectivity index (χ1) is 12.5. The van der Waals surface area contributed by atoms with Gasteiger partial charge in [0.1, 0.15) is 5.82 Å². The second-order valence-electron chi connectivity index (χ2n) is 6.37. The number of fused-ring (bicyclic) bond motifs is 1. The van der Waals surface area contributed by atoms with E-state index in [4.69, 9.17) is 6.42 Å². The maximum absolute atomic E-state index is 13.5. The van der Waals surface area contributed by atoms with Gasteiger partial charge < -0.3 is 4.57 Å². The van der Waals surface area contributed by atoms with Crippen molar-refractivity contribution in [2.45, 2.75) is 32.7 Å². The molecule has 0 fully saturated rings. The van der Waals surface area contributed by atoms with Gasteiger partial charge in [-0.1, -0.05) is 55.4 Å². The predicted molar refractivity (Wildman–Crippen MR) is 103 cm³/mol. The van der Waals surface area contributed by atoms with E-state index in [2.05, 4.69) is 24.8 Å². The molecule has 0 saturated heterocycles. The Kier molecular flexibility index (Phi) is 5.34. The Morgan fingerprint density at radius 2 is 2.00 bits per heavy atom. The number of halogens is 1. The van der Waals surface area contributed by atoms with Crippen LogP contribution < -0.4 is 4.80 Å². The van der Waals surface area contributed by atoms with E-state index in [1.165, 1.54) is 29.0 Å². The molecule has 5 heteroatoms. The highest BCUT2D eigenvalue weighted by atomic mass is 32.1. The Morgan fingerprint density at radius 1 is 1.27 bits per heavy atom. The van der Waals surface area contributed by atoms with Gasteiger partial charge in [-0.2, -0.15) is 4.99 Å². The number of rotatable bonds is 4. The second-order valence-corrected chi connectivity index (χ2v) is 7.37. The third kappa shape index (κ3) is 3.92. The summed E-state index contributed by atoms with van der Waals surface area (Å²) >= 11 is 1.26. The average Bonchev–Trinajstić information content (AvgIpc) is 2.92. The molecule has 0 spiro atoms. The van der Waals surface area contributed by atoms with Crippen LogP contribution in [0, 0.1) is 18.2 Å². The number of carbonyl (C=O) groups excluding carboxylic acids is 1. The molecule has 3 rings (SSSR count). The number of terminal acetylenes is 1. The van der Waals surface area contributed by atoms with Crippen LogP contribution >= 0.6 is 11.3 Å². The summed E-state index contributed by atoms with van der Waals surface area (Å²) in [4.78, 5) is 17.1. The van der Waals surface area contributed by atoms with Crippen molar-refractivity contribution in [3.8, 4) is 12.3 Å². The van der Waals surface area contributed by atoms with Crippen LogP contribution in [-0.4, -0.2) is 10.5 Å². The molecule has 3 nitrogen and oxygen atoms in total. The number of amides is 1. The zero-order valence-corrected chi connectivity index (χ0v) is 15.5. The fourth-order valence-corrected chi connectivity index (χ4v) is 3.79. The van der Waals surface area contributed by atoms with Crippen LogP contribution in [-0.2, 0) is 17.8 Å². The first-order valence-electron chi connectivity index (χ1n) is 8.36. The van der Waals surface area contributed by atoms with E-state index in [0.717, 1.165) is 11.1 Å². The fourth-order valence-electron chi connectivity index (χ4n) is 2.72. The summed E-state index contributed by atoms with van der Waals surface area (Å²) in [5, 5.41) is 0. The molecule has 1 aromatic heterocycles. The molecule has 26 heavy (non-hydrogen) atoms. The largest absolute Gasteiger partial charge is 0.305 e. The minimum atomic E-state index is -0.324. The standard InChI is InChI=1S/C21H19FN2OS/c1-4-11-24-18-10-9-17(22)13-19(18)26-21(24)23-20(25)12-15-5-7-16(8-6-15)14(2)3/h1,5-10,13-14H,11-12H2,2-3H3. The lowest BCUT2D eigenvalue weighted by molar-refractivity contribution is -0.117. The quantitative estimate of drug-likeness (QED) is 0.635. The van der Waals surface area contributed by atoms with Gasteiger partial charge in [0, 0.05) is 0 Å². The molecule has 1 heterocycles. The van der Waals surface area contributed by atoms with Crippen molar-refractivity contribution in [2.24, 2.45) is 4.99 Å². The van der Waals surface area contributed by atoms with Crippen molar-refractivity contribution < 1.29 is 9.18 Å². The Morgan fingerprint density at radius 3 is 2.65 bits per heavy atom. The lowest BCUT2D eigenvalue weighted by atomic mass is 10.0. The number of hydrogen-bond donors (Lipinski definition) is 0. The van der Waals surface area contributed by atoms with Gasteiger partial charge >= 0.3 is 0 Å². The van der Waals surface area contributed by atoms with Crippen molar-refractivity contribution in [1.82, 2.24) is 4.57 Å². The molecule has 0 bridgehead atoms. The van der Waals surface area contributed by atoms with E-state index in [1.807, 2.05) is 24.3 Å². The molecule has 1 amide bonds. The van der Waals surface area contributed by atoms with Gasteiger partial charge in [-0.05, 0) is 35.2 Å². The van der Waals surface area contributed by atoms with Gasteiger partial charge in [0.05, 0.1) is 23.2 Å². The molecule has 0 aliphatic carbocycles. The van der Waals surface area contributed by atoms with E-state index in [9.17, 15) is 9.18 Å².